The molecule has 0 aliphatic rings. The van der Waals surface area contributed by atoms with Gasteiger partial charge in [-0.05, 0) is 37.3 Å². The topological polar surface area (TPSA) is 82.1 Å². The summed E-state index contributed by atoms with van der Waals surface area (Å²) >= 11 is 6.09. The van der Waals surface area contributed by atoms with Crippen LogP contribution >= 0.6 is 11.6 Å². The SMILES string of the molecule is C=CCN(c1ccc(Cl)c(C(=O)OCC)c1)S(=O)(=O)c1ccc(OC)c(OC)c1. The maximum Gasteiger partial charge on any atom is 0.339 e. The molecule has 0 N–H and O–H groups in total. The molecule has 0 fully saturated rings. The van der Waals surface area contributed by atoms with Gasteiger partial charge in [0.1, 0.15) is 0 Å². The number of rotatable bonds is 9. The minimum Gasteiger partial charge on any atom is -0.493 e. The van der Waals surface area contributed by atoms with Gasteiger partial charge in [-0.2, -0.15) is 0 Å². The standard InChI is InChI=1S/C20H22ClNO6S/c1-5-11-22(14-7-9-17(21)16(12-14)20(23)28-6-2)29(24,25)15-8-10-18(26-3)19(13-15)27-4/h5,7-10,12-13H,1,6,11H2,2-4H3. The fourth-order valence-electron chi connectivity index (χ4n) is 2.60. The number of hydrogen-bond donors (Lipinski definition) is 0. The van der Waals surface area contributed by atoms with Crippen LogP contribution in [-0.2, 0) is 14.8 Å². The van der Waals surface area contributed by atoms with Gasteiger partial charge in [-0.1, -0.05) is 17.7 Å². The van der Waals surface area contributed by atoms with Crippen LogP contribution in [0, 0.1) is 0 Å². The molecule has 0 bridgehead atoms. The van der Waals surface area contributed by atoms with Crippen LogP contribution in [0.2, 0.25) is 5.02 Å². The third-order valence-electron chi connectivity index (χ3n) is 3.97. The van der Waals surface area contributed by atoms with Gasteiger partial charge in [-0.3, -0.25) is 4.31 Å². The maximum absolute atomic E-state index is 13.3. The predicted molar refractivity (Wildman–Crippen MR) is 112 cm³/mol. The first kappa shape index (κ1) is 22.6. The van der Waals surface area contributed by atoms with Crippen molar-refractivity contribution in [2.75, 3.05) is 31.7 Å². The van der Waals surface area contributed by atoms with Gasteiger partial charge in [0.15, 0.2) is 11.5 Å². The first-order chi connectivity index (χ1) is 13.8. The zero-order valence-corrected chi connectivity index (χ0v) is 17.9. The summed E-state index contributed by atoms with van der Waals surface area (Å²) in [5.74, 6) is 0.0367. The van der Waals surface area contributed by atoms with Crippen LogP contribution in [0.5, 0.6) is 11.5 Å². The lowest BCUT2D eigenvalue weighted by Gasteiger charge is -2.24. The van der Waals surface area contributed by atoms with E-state index in [-0.39, 0.29) is 40.1 Å². The van der Waals surface area contributed by atoms with E-state index < -0.39 is 16.0 Å². The fourth-order valence-corrected chi connectivity index (χ4v) is 4.24. The van der Waals surface area contributed by atoms with Crippen LogP contribution < -0.4 is 13.8 Å². The van der Waals surface area contributed by atoms with Crippen molar-refractivity contribution < 1.29 is 27.4 Å². The molecular weight excluding hydrogens is 418 g/mol. The van der Waals surface area contributed by atoms with Gasteiger partial charge in [-0.15, -0.1) is 6.58 Å². The van der Waals surface area contributed by atoms with Crippen molar-refractivity contribution in [1.82, 2.24) is 0 Å². The Kier molecular flexibility index (Phi) is 7.53. The molecule has 0 aliphatic heterocycles. The lowest BCUT2D eigenvalue weighted by Crippen LogP contribution is -2.31. The van der Waals surface area contributed by atoms with Gasteiger partial charge in [0, 0.05) is 6.07 Å². The van der Waals surface area contributed by atoms with Gasteiger partial charge in [0.05, 0.1) is 48.5 Å². The van der Waals surface area contributed by atoms with E-state index in [0.29, 0.717) is 5.75 Å². The smallest absolute Gasteiger partial charge is 0.339 e. The first-order valence-electron chi connectivity index (χ1n) is 8.62. The number of esters is 1. The summed E-state index contributed by atoms with van der Waals surface area (Å²) in [6.45, 7) is 5.44. The molecule has 29 heavy (non-hydrogen) atoms. The molecule has 156 valence electrons. The predicted octanol–water partition coefficient (Wildman–Crippen LogP) is 3.92. The van der Waals surface area contributed by atoms with Crippen molar-refractivity contribution in [3.8, 4) is 11.5 Å². The molecule has 0 saturated carbocycles. The molecule has 0 radical (unpaired) electrons. The molecular formula is C20H22ClNO6S. The quantitative estimate of drug-likeness (QED) is 0.435. The van der Waals surface area contributed by atoms with Crippen molar-refractivity contribution in [3.05, 3.63) is 59.6 Å². The first-order valence-corrected chi connectivity index (χ1v) is 10.4. The average Bonchev–Trinajstić information content (AvgIpc) is 2.72. The molecule has 0 unspecified atom stereocenters. The van der Waals surface area contributed by atoms with Crippen LogP contribution in [0.4, 0.5) is 5.69 Å². The Morgan fingerprint density at radius 2 is 1.83 bits per heavy atom. The Balaban J connectivity index is 2.57. The molecule has 7 nitrogen and oxygen atoms in total. The molecule has 2 aromatic carbocycles. The zero-order chi connectivity index (χ0) is 21.6. The van der Waals surface area contributed by atoms with Crippen LogP contribution in [0.3, 0.4) is 0 Å². The van der Waals surface area contributed by atoms with Crippen LogP contribution in [0.15, 0.2) is 53.9 Å². The van der Waals surface area contributed by atoms with E-state index in [2.05, 4.69) is 6.58 Å². The molecule has 0 spiro atoms. The van der Waals surface area contributed by atoms with E-state index in [1.54, 1.807) is 6.92 Å². The number of halogens is 1. The number of hydrogen-bond acceptors (Lipinski definition) is 6. The Hall–Kier alpha value is -2.71. The van der Waals surface area contributed by atoms with Gasteiger partial charge in [0.2, 0.25) is 0 Å². The Morgan fingerprint density at radius 1 is 1.14 bits per heavy atom. The van der Waals surface area contributed by atoms with E-state index >= 15 is 0 Å². The number of anilines is 1. The van der Waals surface area contributed by atoms with Crippen LogP contribution in [0.25, 0.3) is 0 Å². The summed E-state index contributed by atoms with van der Waals surface area (Å²) in [4.78, 5) is 12.1. The largest absolute Gasteiger partial charge is 0.493 e. The third kappa shape index (κ3) is 4.83. The molecule has 0 heterocycles. The summed E-state index contributed by atoms with van der Waals surface area (Å²) in [5.41, 5.74) is 0.315. The highest BCUT2D eigenvalue weighted by atomic mass is 35.5. The summed E-state index contributed by atoms with van der Waals surface area (Å²) in [5, 5.41) is 0.161. The molecule has 0 amide bonds. The number of nitrogens with zero attached hydrogens (tertiary/aromatic N) is 1. The number of carbonyl (C=O) groups excluding carboxylic acids is 1. The second-order valence-electron chi connectivity index (χ2n) is 5.73. The van der Waals surface area contributed by atoms with Gasteiger partial charge < -0.3 is 14.2 Å². The molecule has 0 atom stereocenters. The molecule has 0 saturated heterocycles. The number of carbonyl (C=O) groups is 1. The second-order valence-corrected chi connectivity index (χ2v) is 8.00. The highest BCUT2D eigenvalue weighted by Gasteiger charge is 2.27. The van der Waals surface area contributed by atoms with E-state index in [1.807, 2.05) is 0 Å². The maximum atomic E-state index is 13.3. The number of methoxy groups -OCH3 is 2. The fraction of sp³-hybridized carbons (Fsp3) is 0.250. The number of ether oxygens (including phenoxy) is 3. The van der Waals surface area contributed by atoms with Crippen molar-refractivity contribution >= 4 is 33.3 Å². The van der Waals surface area contributed by atoms with E-state index in [0.717, 1.165) is 4.31 Å². The van der Waals surface area contributed by atoms with Gasteiger partial charge in [0.25, 0.3) is 10.0 Å². The van der Waals surface area contributed by atoms with Crippen molar-refractivity contribution in [3.63, 3.8) is 0 Å². The summed E-state index contributed by atoms with van der Waals surface area (Å²) in [6, 6.07) is 8.61. The minimum atomic E-state index is -4.01. The second kappa shape index (κ2) is 9.67. The lowest BCUT2D eigenvalue weighted by atomic mass is 10.2. The van der Waals surface area contributed by atoms with Gasteiger partial charge >= 0.3 is 5.97 Å². The zero-order valence-electron chi connectivity index (χ0n) is 16.3. The lowest BCUT2D eigenvalue weighted by molar-refractivity contribution is 0.0526. The minimum absolute atomic E-state index is 0.00960. The van der Waals surface area contributed by atoms with Crippen molar-refractivity contribution in [1.29, 1.82) is 0 Å². The number of benzene rings is 2. The molecule has 9 heteroatoms. The van der Waals surface area contributed by atoms with E-state index in [4.69, 9.17) is 25.8 Å². The molecule has 0 aromatic heterocycles. The highest BCUT2D eigenvalue weighted by Crippen LogP contribution is 2.33. The van der Waals surface area contributed by atoms with E-state index in [1.165, 1.54) is 56.7 Å². The summed E-state index contributed by atoms with van der Waals surface area (Å²) in [6.07, 6.45) is 1.44. The third-order valence-corrected chi connectivity index (χ3v) is 6.09. The highest BCUT2D eigenvalue weighted by molar-refractivity contribution is 7.92. The molecule has 2 rings (SSSR count). The Morgan fingerprint density at radius 3 is 2.41 bits per heavy atom. The Labute approximate surface area is 175 Å². The number of sulfonamides is 1. The van der Waals surface area contributed by atoms with Crippen molar-refractivity contribution in [2.45, 2.75) is 11.8 Å². The van der Waals surface area contributed by atoms with E-state index in [9.17, 15) is 13.2 Å². The summed E-state index contributed by atoms with van der Waals surface area (Å²) < 4.78 is 43.1. The van der Waals surface area contributed by atoms with Gasteiger partial charge in [-0.25, -0.2) is 13.2 Å². The van der Waals surface area contributed by atoms with Crippen LogP contribution in [-0.4, -0.2) is 41.8 Å². The molecule has 2 aromatic rings. The van der Waals surface area contributed by atoms with Crippen LogP contribution in [0.1, 0.15) is 17.3 Å². The average molecular weight is 440 g/mol. The normalized spacial score (nSPS) is 10.9. The van der Waals surface area contributed by atoms with Crippen molar-refractivity contribution in [2.24, 2.45) is 0 Å². The monoisotopic (exact) mass is 439 g/mol. The Bertz CT molecular complexity index is 1010. The summed E-state index contributed by atoms with van der Waals surface area (Å²) in [7, 11) is -1.13. The molecule has 0 aliphatic carbocycles.